The largest absolute Gasteiger partial charge is 0.387 e. The van der Waals surface area contributed by atoms with Crippen LogP contribution in [0, 0.1) is 0 Å². The lowest BCUT2D eigenvalue weighted by Crippen LogP contribution is -2.50. The maximum absolute atomic E-state index is 12.5. The Labute approximate surface area is 297 Å². The van der Waals surface area contributed by atoms with Crippen LogP contribution in [-0.4, -0.2) is 53.1 Å². The molecule has 0 aromatic carbocycles. The first-order valence-electron chi connectivity index (χ1n) is 20.5. The normalized spacial score (nSPS) is 14.0. The summed E-state index contributed by atoms with van der Waals surface area (Å²) in [7, 11) is -4.43. The molecule has 0 rings (SSSR count). The molecule has 0 radical (unpaired) electrons. The van der Waals surface area contributed by atoms with Crippen LogP contribution < -0.4 is 5.32 Å². The first-order chi connectivity index (χ1) is 23.2. The minimum atomic E-state index is -4.43. The molecule has 286 valence electrons. The van der Waals surface area contributed by atoms with Gasteiger partial charge in [0.2, 0.25) is 5.91 Å². The zero-order valence-corrected chi connectivity index (χ0v) is 32.3. The molecule has 8 heteroatoms. The highest BCUT2D eigenvalue weighted by atomic mass is 32.2. The maximum Gasteiger partial charge on any atom is 0.267 e. The van der Waals surface area contributed by atoms with Gasteiger partial charge in [-0.3, -0.25) is 9.35 Å². The Morgan fingerprint density at radius 1 is 0.562 bits per heavy atom. The second-order valence-corrected chi connectivity index (χ2v) is 15.9. The summed E-state index contributed by atoms with van der Waals surface area (Å²) in [6, 6.07) is -1.23. The highest BCUT2D eigenvalue weighted by Gasteiger charge is 2.27. The monoisotopic (exact) mass is 702 g/mol. The van der Waals surface area contributed by atoms with Gasteiger partial charge in [-0.2, -0.15) is 8.42 Å². The van der Waals surface area contributed by atoms with Gasteiger partial charge in [0.05, 0.1) is 17.9 Å². The molecule has 0 aromatic rings. The van der Waals surface area contributed by atoms with Crippen LogP contribution in [0.3, 0.4) is 0 Å². The van der Waals surface area contributed by atoms with E-state index in [0.29, 0.717) is 6.42 Å². The minimum Gasteiger partial charge on any atom is -0.387 e. The van der Waals surface area contributed by atoms with Crippen LogP contribution in [0.25, 0.3) is 0 Å². The van der Waals surface area contributed by atoms with E-state index in [1.165, 1.54) is 154 Å². The van der Waals surface area contributed by atoms with Crippen LogP contribution in [-0.2, 0) is 14.9 Å². The second-order valence-electron chi connectivity index (χ2n) is 14.4. The average Bonchev–Trinajstić information content (AvgIpc) is 3.05. The van der Waals surface area contributed by atoms with Crippen LogP contribution in [0.2, 0.25) is 0 Å². The summed E-state index contributed by atoms with van der Waals surface area (Å²) in [5.74, 6) is -1.53. The van der Waals surface area contributed by atoms with Crippen molar-refractivity contribution in [2.24, 2.45) is 0 Å². The number of amides is 1. The molecular weight excluding hydrogens is 623 g/mol. The van der Waals surface area contributed by atoms with Crippen molar-refractivity contribution in [2.75, 3.05) is 5.75 Å². The number of unbranched alkanes of at least 4 members (excludes halogenated alkanes) is 28. The topological polar surface area (TPSA) is 124 Å². The molecule has 0 heterocycles. The Bertz CT molecular complexity index is 834. The Kier molecular flexibility index (Phi) is 33.8. The van der Waals surface area contributed by atoms with Gasteiger partial charge in [0.25, 0.3) is 10.1 Å². The molecule has 0 aliphatic carbocycles. The summed E-state index contributed by atoms with van der Waals surface area (Å²) in [6.45, 7) is 4.50. The third kappa shape index (κ3) is 33.5. The van der Waals surface area contributed by atoms with Crippen molar-refractivity contribution in [3.05, 3.63) is 12.2 Å². The second kappa shape index (κ2) is 34.5. The van der Waals surface area contributed by atoms with Gasteiger partial charge in [0, 0.05) is 0 Å². The number of aliphatic hydroxyl groups is 2. The molecule has 0 aromatic heterocycles. The van der Waals surface area contributed by atoms with Crippen LogP contribution >= 0.6 is 0 Å². The number of rotatable bonds is 37. The zero-order chi connectivity index (χ0) is 35.6. The van der Waals surface area contributed by atoms with Gasteiger partial charge in [-0.05, 0) is 19.3 Å². The van der Waals surface area contributed by atoms with Crippen molar-refractivity contribution >= 4 is 16.0 Å². The van der Waals surface area contributed by atoms with Crippen molar-refractivity contribution in [3.63, 3.8) is 0 Å². The summed E-state index contributed by atoms with van der Waals surface area (Å²) in [5, 5.41) is 23.3. The predicted molar refractivity (Wildman–Crippen MR) is 204 cm³/mol. The molecule has 0 fully saturated rings. The van der Waals surface area contributed by atoms with Crippen molar-refractivity contribution in [1.29, 1.82) is 0 Å². The summed E-state index contributed by atoms with van der Waals surface area (Å²) >= 11 is 0. The number of carbonyl (C=O) groups excluding carboxylic acids is 1. The smallest absolute Gasteiger partial charge is 0.267 e. The molecule has 0 bridgehead atoms. The molecule has 3 unspecified atom stereocenters. The number of allylic oxidation sites excluding steroid dienone is 1. The van der Waals surface area contributed by atoms with Gasteiger partial charge in [-0.25, -0.2) is 0 Å². The van der Waals surface area contributed by atoms with E-state index in [4.69, 9.17) is 0 Å². The standard InChI is InChI=1S/C40H79NO6S/c1-3-5-7-9-11-13-15-16-17-18-19-20-21-22-23-25-26-28-30-32-34-38(42)37(36-48(45,46)47)41-40(44)39(43)35-33-31-29-27-24-14-12-10-8-6-4-2/h32,34,37-39,42-43H,3-31,33,35-36H2,1-2H3,(H,41,44)(H,45,46,47)/b34-32+. The Morgan fingerprint density at radius 2 is 0.896 bits per heavy atom. The lowest BCUT2D eigenvalue weighted by atomic mass is 10.0. The molecule has 0 spiro atoms. The SMILES string of the molecule is CCCCCCCCCCCCCCCCCCCC/C=C/C(O)C(CS(=O)(=O)O)NC(=O)C(O)CCCCCCCCCCCCC. The summed E-state index contributed by atoms with van der Waals surface area (Å²) in [4.78, 5) is 12.5. The Balaban J connectivity index is 3.98. The lowest BCUT2D eigenvalue weighted by molar-refractivity contribution is -0.130. The molecule has 7 nitrogen and oxygen atoms in total. The van der Waals surface area contributed by atoms with Crippen molar-refractivity contribution in [2.45, 2.75) is 231 Å². The van der Waals surface area contributed by atoms with E-state index in [9.17, 15) is 28.0 Å². The number of aliphatic hydroxyl groups excluding tert-OH is 2. The predicted octanol–water partition coefficient (Wildman–Crippen LogP) is 10.8. The third-order valence-electron chi connectivity index (χ3n) is 9.57. The summed E-state index contributed by atoms with van der Waals surface area (Å²) in [5.41, 5.74) is 0. The van der Waals surface area contributed by atoms with Crippen LogP contribution in [0.1, 0.15) is 213 Å². The summed E-state index contributed by atoms with van der Waals surface area (Å²) < 4.78 is 32.5. The molecule has 1 amide bonds. The Morgan fingerprint density at radius 3 is 1.25 bits per heavy atom. The molecule has 48 heavy (non-hydrogen) atoms. The van der Waals surface area contributed by atoms with E-state index in [-0.39, 0.29) is 6.42 Å². The van der Waals surface area contributed by atoms with Gasteiger partial charge in [-0.15, -0.1) is 0 Å². The van der Waals surface area contributed by atoms with E-state index in [1.807, 2.05) is 6.08 Å². The van der Waals surface area contributed by atoms with E-state index in [0.717, 1.165) is 38.5 Å². The van der Waals surface area contributed by atoms with Crippen molar-refractivity contribution < 1.29 is 28.0 Å². The Hall–Kier alpha value is -0.960. The number of hydrogen-bond donors (Lipinski definition) is 4. The highest BCUT2D eigenvalue weighted by molar-refractivity contribution is 7.85. The van der Waals surface area contributed by atoms with Gasteiger partial charge >= 0.3 is 0 Å². The first kappa shape index (κ1) is 47.0. The highest BCUT2D eigenvalue weighted by Crippen LogP contribution is 2.16. The van der Waals surface area contributed by atoms with Gasteiger partial charge in [0.15, 0.2) is 0 Å². The third-order valence-corrected chi connectivity index (χ3v) is 10.4. The van der Waals surface area contributed by atoms with E-state index < -0.39 is 40.0 Å². The van der Waals surface area contributed by atoms with Crippen LogP contribution in [0.4, 0.5) is 0 Å². The summed E-state index contributed by atoms with van der Waals surface area (Å²) in [6.07, 6.45) is 38.4. The maximum atomic E-state index is 12.5. The molecule has 0 aliphatic heterocycles. The fourth-order valence-corrected chi connectivity index (χ4v) is 7.13. The molecule has 0 aliphatic rings. The van der Waals surface area contributed by atoms with Crippen LogP contribution in [0.15, 0.2) is 12.2 Å². The number of carbonyl (C=O) groups is 1. The first-order valence-corrected chi connectivity index (χ1v) is 22.1. The van der Waals surface area contributed by atoms with Crippen molar-refractivity contribution in [1.82, 2.24) is 5.32 Å². The van der Waals surface area contributed by atoms with E-state index in [2.05, 4.69) is 19.2 Å². The van der Waals surface area contributed by atoms with Crippen molar-refractivity contribution in [3.8, 4) is 0 Å². The average molecular weight is 702 g/mol. The fourth-order valence-electron chi connectivity index (χ4n) is 6.40. The molecule has 0 saturated heterocycles. The molecule has 3 atom stereocenters. The zero-order valence-electron chi connectivity index (χ0n) is 31.5. The number of nitrogens with one attached hydrogen (secondary N) is 1. The van der Waals surface area contributed by atoms with E-state index in [1.54, 1.807) is 0 Å². The van der Waals surface area contributed by atoms with Gasteiger partial charge in [-0.1, -0.05) is 206 Å². The van der Waals surface area contributed by atoms with Gasteiger partial charge in [0.1, 0.15) is 6.10 Å². The fraction of sp³-hybridized carbons (Fsp3) is 0.925. The van der Waals surface area contributed by atoms with Crippen LogP contribution in [0.5, 0.6) is 0 Å². The lowest BCUT2D eigenvalue weighted by Gasteiger charge is -2.22. The van der Waals surface area contributed by atoms with E-state index >= 15 is 0 Å². The molecule has 0 saturated carbocycles. The minimum absolute atomic E-state index is 0.284. The van der Waals surface area contributed by atoms with Gasteiger partial charge < -0.3 is 15.5 Å². The molecular formula is C40H79NO6S. The number of hydrogen-bond acceptors (Lipinski definition) is 5. The molecule has 4 N–H and O–H groups in total. The quantitative estimate of drug-likeness (QED) is 0.0290.